The smallest absolute Gasteiger partial charge is 0.246 e. The van der Waals surface area contributed by atoms with Crippen molar-refractivity contribution in [3.8, 4) is 0 Å². The average molecular weight is 397 g/mol. The molecule has 1 fully saturated rings. The highest BCUT2D eigenvalue weighted by Gasteiger charge is 2.32. The number of nitrogens with one attached hydrogen (secondary N) is 1. The summed E-state index contributed by atoms with van der Waals surface area (Å²) >= 11 is 0. The first kappa shape index (κ1) is 19.9. The molecule has 0 aliphatic carbocycles. The van der Waals surface area contributed by atoms with E-state index in [1.54, 1.807) is 30.7 Å². The van der Waals surface area contributed by atoms with Gasteiger partial charge in [-0.15, -0.1) is 0 Å². The molecule has 1 N–H and O–H groups in total. The van der Waals surface area contributed by atoms with Crippen molar-refractivity contribution < 1.29 is 22.4 Å². The molecular weight excluding hydrogens is 371 g/mol. The number of aromatic nitrogens is 2. The molecule has 9 heteroatoms. The lowest BCUT2D eigenvalue weighted by atomic mass is 10.2. The van der Waals surface area contributed by atoms with Crippen LogP contribution < -0.4 is 4.90 Å². The molecular formula is C18H26FN4O3S+. The van der Waals surface area contributed by atoms with Crippen LogP contribution in [0.2, 0.25) is 0 Å². The van der Waals surface area contributed by atoms with E-state index < -0.39 is 10.0 Å². The van der Waals surface area contributed by atoms with E-state index >= 15 is 0 Å². The summed E-state index contributed by atoms with van der Waals surface area (Å²) in [5, 5.41) is 4.47. The molecule has 2 heterocycles. The number of quaternary nitrogens is 1. The van der Waals surface area contributed by atoms with E-state index in [-0.39, 0.29) is 5.82 Å². The monoisotopic (exact) mass is 397 g/mol. The molecule has 7 nitrogen and oxygen atoms in total. The van der Waals surface area contributed by atoms with E-state index in [1.165, 1.54) is 16.4 Å². The average Bonchev–Trinajstić information content (AvgIpc) is 2.91. The molecule has 0 bridgehead atoms. The zero-order valence-electron chi connectivity index (χ0n) is 15.9. The number of hydrogen-bond donors (Lipinski definition) is 1. The number of rotatable bonds is 6. The number of benzene rings is 1. The number of sulfonamides is 1. The molecule has 1 aliphatic heterocycles. The first-order chi connectivity index (χ1) is 12.8. The number of hydrogen-bond acceptors (Lipinski definition) is 4. The van der Waals surface area contributed by atoms with Crippen molar-refractivity contribution in [1.29, 1.82) is 0 Å². The van der Waals surface area contributed by atoms with E-state index in [9.17, 15) is 12.8 Å². The van der Waals surface area contributed by atoms with Crippen molar-refractivity contribution >= 4 is 10.0 Å². The molecule has 0 amide bonds. The lowest BCUT2D eigenvalue weighted by molar-refractivity contribution is -0.917. The van der Waals surface area contributed by atoms with Gasteiger partial charge in [0.2, 0.25) is 10.0 Å². The van der Waals surface area contributed by atoms with Gasteiger partial charge in [0.1, 0.15) is 17.3 Å². The molecule has 2 aromatic rings. The fourth-order valence-electron chi connectivity index (χ4n) is 3.39. The summed E-state index contributed by atoms with van der Waals surface area (Å²) in [6, 6.07) is 6.40. The second kappa shape index (κ2) is 8.05. The largest absolute Gasteiger partial charge is 0.379 e. The van der Waals surface area contributed by atoms with Crippen LogP contribution in [0.4, 0.5) is 4.39 Å². The molecule has 0 saturated carbocycles. The Morgan fingerprint density at radius 3 is 2.44 bits per heavy atom. The minimum absolute atomic E-state index is 0.257. The Hall–Kier alpha value is -1.81. The molecule has 1 aromatic carbocycles. The quantitative estimate of drug-likeness (QED) is 0.763. The van der Waals surface area contributed by atoms with Crippen LogP contribution in [0.5, 0.6) is 0 Å². The topological polar surface area (TPSA) is 68.9 Å². The van der Waals surface area contributed by atoms with Gasteiger partial charge in [0.05, 0.1) is 31.6 Å². The van der Waals surface area contributed by atoms with Crippen molar-refractivity contribution in [3.63, 3.8) is 0 Å². The maximum atomic E-state index is 13.0. The van der Waals surface area contributed by atoms with E-state index in [4.69, 9.17) is 4.74 Å². The van der Waals surface area contributed by atoms with Gasteiger partial charge in [-0.05, 0) is 26.0 Å². The molecule has 3 rings (SSSR count). The van der Waals surface area contributed by atoms with Crippen molar-refractivity contribution in [2.45, 2.75) is 32.0 Å². The van der Waals surface area contributed by atoms with Gasteiger partial charge in [-0.25, -0.2) is 17.5 Å². The fourth-order valence-corrected chi connectivity index (χ4v) is 5.17. The van der Waals surface area contributed by atoms with Gasteiger partial charge in [0, 0.05) is 18.7 Å². The van der Waals surface area contributed by atoms with Crippen LogP contribution in [0.25, 0.3) is 0 Å². The predicted octanol–water partition coefficient (Wildman–Crippen LogP) is 0.332. The minimum atomic E-state index is -3.58. The summed E-state index contributed by atoms with van der Waals surface area (Å²) in [7, 11) is -1.59. The highest BCUT2D eigenvalue weighted by Crippen LogP contribution is 2.23. The van der Waals surface area contributed by atoms with Gasteiger partial charge in [0.25, 0.3) is 0 Å². The molecule has 148 valence electrons. The lowest BCUT2D eigenvalue weighted by Crippen LogP contribution is -3.07. The van der Waals surface area contributed by atoms with Crippen LogP contribution in [-0.4, -0.2) is 55.9 Å². The van der Waals surface area contributed by atoms with Crippen LogP contribution in [0.3, 0.4) is 0 Å². The third-order valence-electron chi connectivity index (χ3n) is 4.72. The van der Waals surface area contributed by atoms with Gasteiger partial charge in [0.15, 0.2) is 6.67 Å². The molecule has 1 aliphatic rings. The number of morpholine rings is 1. The second-order valence-electron chi connectivity index (χ2n) is 6.93. The van der Waals surface area contributed by atoms with Crippen LogP contribution in [-0.2, 0) is 28.0 Å². The first-order valence-corrected chi connectivity index (χ1v) is 10.4. The summed E-state index contributed by atoms with van der Waals surface area (Å²) in [6.07, 6.45) is 0. The Balaban J connectivity index is 1.77. The Labute approximate surface area is 159 Å². The maximum Gasteiger partial charge on any atom is 0.246 e. The highest BCUT2D eigenvalue weighted by atomic mass is 32.2. The van der Waals surface area contributed by atoms with Crippen molar-refractivity contribution in [2.24, 2.45) is 0 Å². The Kier molecular flexibility index (Phi) is 5.95. The highest BCUT2D eigenvalue weighted by molar-refractivity contribution is 7.89. The number of ether oxygens (including phenoxy) is 1. The summed E-state index contributed by atoms with van der Waals surface area (Å²) < 4.78 is 47.6. The standard InChI is InChI=1S/C18H25FN4O3S/c1-14-18(27(24,25)22-8-10-26-11-9-22)15(2)23(20-14)13-21(3)12-16-4-6-17(19)7-5-16/h4-7H,8-13H2,1-3H3/p+1. The number of aryl methyl sites for hydroxylation is 1. The van der Waals surface area contributed by atoms with Crippen molar-refractivity contribution in [1.82, 2.24) is 14.1 Å². The van der Waals surface area contributed by atoms with Crippen LogP contribution in [0.1, 0.15) is 17.0 Å². The van der Waals surface area contributed by atoms with E-state index in [2.05, 4.69) is 5.10 Å². The summed E-state index contributed by atoms with van der Waals surface area (Å²) in [5.74, 6) is -0.257. The normalized spacial score (nSPS) is 17.2. The van der Waals surface area contributed by atoms with E-state index in [0.717, 1.165) is 10.5 Å². The molecule has 0 radical (unpaired) electrons. The Bertz CT molecular complexity index is 890. The van der Waals surface area contributed by atoms with Crippen LogP contribution in [0.15, 0.2) is 29.2 Å². The van der Waals surface area contributed by atoms with E-state index in [0.29, 0.717) is 55.8 Å². The molecule has 1 atom stereocenters. The third-order valence-corrected chi connectivity index (χ3v) is 6.87. The summed E-state index contributed by atoms with van der Waals surface area (Å²) in [6.45, 7) is 6.27. The van der Waals surface area contributed by atoms with Gasteiger partial charge in [-0.3, -0.25) is 0 Å². The van der Waals surface area contributed by atoms with Crippen LogP contribution in [0, 0.1) is 19.7 Å². The molecule has 0 spiro atoms. The maximum absolute atomic E-state index is 13.0. The molecule has 1 aromatic heterocycles. The van der Waals surface area contributed by atoms with Gasteiger partial charge in [-0.2, -0.15) is 9.40 Å². The zero-order chi connectivity index (χ0) is 19.6. The van der Waals surface area contributed by atoms with Gasteiger partial charge < -0.3 is 9.64 Å². The number of halogens is 1. The van der Waals surface area contributed by atoms with E-state index in [1.807, 2.05) is 7.05 Å². The predicted molar refractivity (Wildman–Crippen MR) is 98.3 cm³/mol. The summed E-state index contributed by atoms with van der Waals surface area (Å²) in [4.78, 5) is 1.40. The minimum Gasteiger partial charge on any atom is -0.379 e. The van der Waals surface area contributed by atoms with Crippen LogP contribution >= 0.6 is 0 Å². The zero-order valence-corrected chi connectivity index (χ0v) is 16.7. The summed E-state index contributed by atoms with van der Waals surface area (Å²) in [5.41, 5.74) is 2.16. The van der Waals surface area contributed by atoms with Gasteiger partial charge in [-0.1, -0.05) is 12.1 Å². The second-order valence-corrected chi connectivity index (χ2v) is 8.81. The molecule has 1 saturated heterocycles. The molecule has 1 unspecified atom stereocenters. The van der Waals surface area contributed by atoms with Gasteiger partial charge >= 0.3 is 0 Å². The molecule has 27 heavy (non-hydrogen) atoms. The lowest BCUT2D eigenvalue weighted by Gasteiger charge is -2.26. The SMILES string of the molecule is Cc1nn(C[NH+](C)Cc2ccc(F)cc2)c(C)c1S(=O)(=O)N1CCOCC1. The van der Waals surface area contributed by atoms with Crippen molar-refractivity contribution in [3.05, 3.63) is 47.0 Å². The fraction of sp³-hybridized carbons (Fsp3) is 0.500. The first-order valence-electron chi connectivity index (χ1n) is 8.96. The van der Waals surface area contributed by atoms with Crippen molar-refractivity contribution in [2.75, 3.05) is 33.4 Å². The Morgan fingerprint density at radius 2 is 1.81 bits per heavy atom. The number of nitrogens with zero attached hydrogens (tertiary/aromatic N) is 3. The third kappa shape index (κ3) is 4.37. The Morgan fingerprint density at radius 1 is 1.19 bits per heavy atom.